The molecule has 1 aromatic carbocycles. The van der Waals surface area contributed by atoms with Gasteiger partial charge in [-0.15, -0.1) is 12.4 Å². The number of nitrogens with one attached hydrogen (secondary N) is 1. The maximum atomic E-state index is 13.0. The minimum atomic E-state index is -0.379. The lowest BCUT2D eigenvalue weighted by Crippen LogP contribution is -2.51. The SMILES string of the molecule is COCC1(C(=O)N(C)CCc2ccccc2OC)CCNCC1.Cl. The van der Waals surface area contributed by atoms with E-state index in [4.69, 9.17) is 9.47 Å². The molecule has 136 valence electrons. The molecule has 1 amide bonds. The monoisotopic (exact) mass is 356 g/mol. The van der Waals surface area contributed by atoms with E-state index in [2.05, 4.69) is 5.32 Å². The highest BCUT2D eigenvalue weighted by molar-refractivity contribution is 5.85. The van der Waals surface area contributed by atoms with Crippen molar-refractivity contribution >= 4 is 18.3 Å². The Hall–Kier alpha value is -1.30. The number of methoxy groups -OCH3 is 2. The molecule has 6 heteroatoms. The van der Waals surface area contributed by atoms with Crippen molar-refractivity contribution < 1.29 is 14.3 Å². The highest BCUT2D eigenvalue weighted by Gasteiger charge is 2.41. The summed E-state index contributed by atoms with van der Waals surface area (Å²) in [6.45, 7) is 2.91. The van der Waals surface area contributed by atoms with Crippen molar-refractivity contribution in [2.75, 3.05) is 47.5 Å². The Labute approximate surface area is 151 Å². The van der Waals surface area contributed by atoms with Crippen molar-refractivity contribution in [1.82, 2.24) is 10.2 Å². The molecule has 0 unspecified atom stereocenters. The maximum Gasteiger partial charge on any atom is 0.230 e. The largest absolute Gasteiger partial charge is 0.496 e. The summed E-state index contributed by atoms with van der Waals surface area (Å²) in [6.07, 6.45) is 2.45. The van der Waals surface area contributed by atoms with Crippen molar-refractivity contribution in [2.24, 2.45) is 5.41 Å². The molecule has 1 N–H and O–H groups in total. The fourth-order valence-electron chi connectivity index (χ4n) is 3.31. The Balaban J connectivity index is 0.00000288. The van der Waals surface area contributed by atoms with Crippen LogP contribution in [-0.4, -0.2) is 58.3 Å². The summed E-state index contributed by atoms with van der Waals surface area (Å²) < 4.78 is 10.7. The molecule has 0 bridgehead atoms. The second-order valence-electron chi connectivity index (χ2n) is 6.25. The highest BCUT2D eigenvalue weighted by atomic mass is 35.5. The fourth-order valence-corrected chi connectivity index (χ4v) is 3.31. The number of benzene rings is 1. The van der Waals surface area contributed by atoms with Crippen LogP contribution in [0.25, 0.3) is 0 Å². The zero-order chi connectivity index (χ0) is 16.7. The average Bonchev–Trinajstić information content (AvgIpc) is 2.60. The number of para-hydroxylation sites is 1. The third-order valence-corrected chi connectivity index (χ3v) is 4.69. The average molecular weight is 357 g/mol. The van der Waals surface area contributed by atoms with Crippen molar-refractivity contribution in [3.05, 3.63) is 29.8 Å². The minimum Gasteiger partial charge on any atom is -0.496 e. The number of likely N-dealkylation sites (N-methyl/N-ethyl adjacent to an activating group) is 1. The number of amides is 1. The van der Waals surface area contributed by atoms with E-state index in [1.807, 2.05) is 36.2 Å². The van der Waals surface area contributed by atoms with E-state index in [0.717, 1.165) is 43.7 Å². The molecule has 5 nitrogen and oxygen atoms in total. The van der Waals surface area contributed by atoms with Crippen LogP contribution in [0.15, 0.2) is 24.3 Å². The van der Waals surface area contributed by atoms with E-state index in [1.54, 1.807) is 14.2 Å². The molecule has 1 saturated heterocycles. The highest BCUT2D eigenvalue weighted by Crippen LogP contribution is 2.31. The fraction of sp³-hybridized carbons (Fsp3) is 0.611. The molecule has 0 aliphatic carbocycles. The predicted octanol–water partition coefficient (Wildman–Crippen LogP) is 2.13. The van der Waals surface area contributed by atoms with Gasteiger partial charge in [-0.25, -0.2) is 0 Å². The Kier molecular flexibility index (Phi) is 8.53. The molecule has 0 spiro atoms. The first-order chi connectivity index (χ1) is 11.1. The lowest BCUT2D eigenvalue weighted by Gasteiger charge is -2.38. The van der Waals surface area contributed by atoms with Crippen LogP contribution in [0.4, 0.5) is 0 Å². The van der Waals surface area contributed by atoms with Crippen LogP contribution in [0.2, 0.25) is 0 Å². The summed E-state index contributed by atoms with van der Waals surface area (Å²) in [5.41, 5.74) is 0.746. The van der Waals surface area contributed by atoms with Crippen molar-refractivity contribution in [3.8, 4) is 5.75 Å². The lowest BCUT2D eigenvalue weighted by molar-refractivity contribution is -0.146. The van der Waals surface area contributed by atoms with Gasteiger partial charge in [-0.05, 0) is 44.0 Å². The van der Waals surface area contributed by atoms with Gasteiger partial charge in [0.2, 0.25) is 5.91 Å². The number of ether oxygens (including phenoxy) is 2. The molecular weight excluding hydrogens is 328 g/mol. The Bertz CT molecular complexity index is 513. The molecule has 0 radical (unpaired) electrons. The summed E-state index contributed by atoms with van der Waals surface area (Å²) in [7, 11) is 5.24. The van der Waals surface area contributed by atoms with Gasteiger partial charge < -0.3 is 19.7 Å². The first-order valence-electron chi connectivity index (χ1n) is 8.20. The summed E-state index contributed by atoms with van der Waals surface area (Å²) in [6, 6.07) is 7.96. The first-order valence-corrected chi connectivity index (χ1v) is 8.20. The van der Waals surface area contributed by atoms with Crippen LogP contribution in [-0.2, 0) is 16.0 Å². The molecule has 24 heavy (non-hydrogen) atoms. The van der Waals surface area contributed by atoms with Gasteiger partial charge in [0.15, 0.2) is 0 Å². The van der Waals surface area contributed by atoms with E-state index in [1.165, 1.54) is 0 Å². The van der Waals surface area contributed by atoms with E-state index in [0.29, 0.717) is 13.2 Å². The van der Waals surface area contributed by atoms with Crippen LogP contribution < -0.4 is 10.1 Å². The predicted molar refractivity (Wildman–Crippen MR) is 98.0 cm³/mol. The van der Waals surface area contributed by atoms with Gasteiger partial charge in [-0.1, -0.05) is 18.2 Å². The number of carbonyl (C=O) groups excluding carboxylic acids is 1. The standard InChI is InChI=1S/C18H28N2O3.ClH/c1-20(13-8-15-6-4-5-7-16(15)23-3)17(21)18(14-22-2)9-11-19-12-10-18;/h4-7,19H,8-14H2,1-3H3;1H. The maximum absolute atomic E-state index is 13.0. The van der Waals surface area contributed by atoms with Gasteiger partial charge in [0, 0.05) is 20.7 Å². The second kappa shape index (κ2) is 9.87. The number of nitrogens with zero attached hydrogens (tertiary/aromatic N) is 1. The summed E-state index contributed by atoms with van der Waals surface area (Å²) in [5, 5.41) is 3.32. The quantitative estimate of drug-likeness (QED) is 0.813. The normalized spacial score (nSPS) is 16.1. The Morgan fingerprint density at radius 3 is 2.54 bits per heavy atom. The molecule has 1 heterocycles. The van der Waals surface area contributed by atoms with Crippen LogP contribution in [0, 0.1) is 5.41 Å². The van der Waals surface area contributed by atoms with Crippen molar-refractivity contribution in [3.63, 3.8) is 0 Å². The Morgan fingerprint density at radius 1 is 1.25 bits per heavy atom. The van der Waals surface area contributed by atoms with Gasteiger partial charge in [-0.3, -0.25) is 4.79 Å². The third kappa shape index (κ3) is 4.85. The molecule has 0 atom stereocenters. The minimum absolute atomic E-state index is 0. The number of piperidine rings is 1. The summed E-state index contributed by atoms with van der Waals surface area (Å²) in [5.74, 6) is 1.07. The first kappa shape index (κ1) is 20.7. The van der Waals surface area contributed by atoms with Crippen LogP contribution in [0.3, 0.4) is 0 Å². The number of carbonyl (C=O) groups is 1. The van der Waals surface area contributed by atoms with Crippen LogP contribution >= 0.6 is 12.4 Å². The van der Waals surface area contributed by atoms with E-state index < -0.39 is 0 Å². The van der Waals surface area contributed by atoms with Gasteiger partial charge in [0.25, 0.3) is 0 Å². The molecule has 1 aromatic rings. The topological polar surface area (TPSA) is 50.8 Å². The number of rotatable bonds is 7. The van der Waals surface area contributed by atoms with Gasteiger partial charge >= 0.3 is 0 Å². The molecule has 0 aromatic heterocycles. The smallest absolute Gasteiger partial charge is 0.230 e. The Morgan fingerprint density at radius 2 is 1.92 bits per heavy atom. The molecule has 1 aliphatic heterocycles. The molecular formula is C18H29ClN2O3. The lowest BCUT2D eigenvalue weighted by atomic mass is 9.78. The molecule has 1 fully saturated rings. The van der Waals surface area contributed by atoms with Gasteiger partial charge in [-0.2, -0.15) is 0 Å². The van der Waals surface area contributed by atoms with Crippen LogP contribution in [0.1, 0.15) is 18.4 Å². The zero-order valence-corrected chi connectivity index (χ0v) is 15.7. The van der Waals surface area contributed by atoms with Gasteiger partial charge in [0.1, 0.15) is 5.75 Å². The second-order valence-corrected chi connectivity index (χ2v) is 6.25. The number of halogens is 1. The molecule has 0 saturated carbocycles. The van der Waals surface area contributed by atoms with E-state index in [9.17, 15) is 4.79 Å². The summed E-state index contributed by atoms with van der Waals surface area (Å²) >= 11 is 0. The van der Waals surface area contributed by atoms with Crippen molar-refractivity contribution in [2.45, 2.75) is 19.3 Å². The van der Waals surface area contributed by atoms with E-state index in [-0.39, 0.29) is 23.7 Å². The molecule has 2 rings (SSSR count). The number of hydrogen-bond acceptors (Lipinski definition) is 4. The third-order valence-electron chi connectivity index (χ3n) is 4.69. The van der Waals surface area contributed by atoms with Gasteiger partial charge in [0.05, 0.1) is 19.1 Å². The van der Waals surface area contributed by atoms with Crippen LogP contribution in [0.5, 0.6) is 5.75 Å². The van der Waals surface area contributed by atoms with Crippen molar-refractivity contribution in [1.29, 1.82) is 0 Å². The molecule has 1 aliphatic rings. The van der Waals surface area contributed by atoms with E-state index >= 15 is 0 Å². The summed E-state index contributed by atoms with van der Waals surface area (Å²) in [4.78, 5) is 14.8. The number of hydrogen-bond donors (Lipinski definition) is 1. The zero-order valence-electron chi connectivity index (χ0n) is 14.8.